The first-order chi connectivity index (χ1) is 29.3. The van der Waals surface area contributed by atoms with Crippen LogP contribution in [0.4, 0.5) is 0 Å². The summed E-state index contributed by atoms with van der Waals surface area (Å²) in [5.74, 6) is 58.4. The maximum absolute atomic E-state index is 12.7. The highest BCUT2D eigenvalue weighted by Gasteiger charge is 2.44. The third-order valence-electron chi connectivity index (χ3n) is 8.38. The van der Waals surface area contributed by atoms with Crippen molar-refractivity contribution < 1.29 is 44.9 Å². The average Bonchev–Trinajstić information content (AvgIpc) is 3.25. The SMILES string of the molecule is CC#CC#CC#CC#CC#CC#CC#CC#CC#CC#CC#CC#CC(=O)N[C@@H](CO[C@H]1OC(CO)[C@@H](O)C(O)[C@H]1O)[C@H](O)[C@H](O)CCCCCCCCCCCCCC. The van der Waals surface area contributed by atoms with Crippen LogP contribution in [0.15, 0.2) is 0 Å². The number of nitrogens with one attached hydrogen (secondary N) is 1. The quantitative estimate of drug-likeness (QED) is 0.0706. The molecule has 60 heavy (non-hydrogen) atoms. The van der Waals surface area contributed by atoms with Gasteiger partial charge in [-0.05, 0) is 108 Å². The first-order valence-corrected chi connectivity index (χ1v) is 19.8. The molecule has 0 aliphatic carbocycles. The van der Waals surface area contributed by atoms with Crippen molar-refractivity contribution in [3.63, 3.8) is 0 Å². The Balaban J connectivity index is 2.73. The Kier molecular flexibility index (Phi) is 31.1. The van der Waals surface area contributed by atoms with E-state index in [1.54, 1.807) is 6.92 Å². The number of amides is 1. The molecule has 10 heteroatoms. The molecule has 0 spiro atoms. The second-order valence-electron chi connectivity index (χ2n) is 13.0. The topological polar surface area (TPSA) is 169 Å². The number of unbranched alkanes of at least 4 members (excludes halogenated alkanes) is 11. The zero-order valence-electron chi connectivity index (χ0n) is 34.1. The molecule has 8 atom stereocenters. The summed E-state index contributed by atoms with van der Waals surface area (Å²) in [5.41, 5.74) is 0. The van der Waals surface area contributed by atoms with E-state index in [4.69, 9.17) is 9.47 Å². The van der Waals surface area contributed by atoms with E-state index in [9.17, 15) is 35.4 Å². The summed E-state index contributed by atoms with van der Waals surface area (Å²) in [6.45, 7) is 2.73. The first-order valence-electron chi connectivity index (χ1n) is 19.8. The van der Waals surface area contributed by atoms with Gasteiger partial charge in [-0.15, -0.1) is 0 Å². The molecule has 1 heterocycles. The van der Waals surface area contributed by atoms with Gasteiger partial charge in [-0.2, -0.15) is 0 Å². The van der Waals surface area contributed by atoms with E-state index in [0.717, 1.165) is 19.3 Å². The number of aliphatic hydroxyl groups excluding tert-OH is 6. The van der Waals surface area contributed by atoms with Crippen molar-refractivity contribution in [2.24, 2.45) is 0 Å². The minimum atomic E-state index is -1.70. The molecule has 1 rings (SSSR count). The van der Waals surface area contributed by atoms with Gasteiger partial charge in [0.2, 0.25) is 0 Å². The van der Waals surface area contributed by atoms with Gasteiger partial charge in [-0.1, -0.05) is 89.9 Å². The third-order valence-corrected chi connectivity index (χ3v) is 8.38. The molecular weight excluding hydrogens is 759 g/mol. The predicted molar refractivity (Wildman–Crippen MR) is 228 cm³/mol. The fraction of sp³-hybridized carbons (Fsp3) is 0.500. The number of hydrogen-bond donors (Lipinski definition) is 7. The second-order valence-corrected chi connectivity index (χ2v) is 13.0. The molecule has 0 bridgehead atoms. The molecule has 2 unspecified atom stereocenters. The van der Waals surface area contributed by atoms with E-state index in [1.807, 2.05) is 0 Å². The highest BCUT2D eigenvalue weighted by Crippen LogP contribution is 2.23. The number of rotatable bonds is 20. The molecule has 0 aromatic rings. The molecule has 0 aromatic heterocycles. The molecule has 7 N–H and O–H groups in total. The van der Waals surface area contributed by atoms with Gasteiger partial charge >= 0.3 is 0 Å². The minimum absolute atomic E-state index is 0.259. The molecule has 310 valence electrons. The normalized spacial score (nSPS) is 17.8. The summed E-state index contributed by atoms with van der Waals surface area (Å²) in [5, 5.41) is 64.3. The Bertz CT molecular complexity index is 2140. The number of carbonyl (C=O) groups is 1. The smallest absolute Gasteiger partial charge is 0.297 e. The fourth-order valence-corrected chi connectivity index (χ4v) is 5.24. The van der Waals surface area contributed by atoms with Gasteiger partial charge in [0.05, 0.1) is 25.4 Å². The van der Waals surface area contributed by atoms with E-state index >= 15 is 0 Å². The summed E-state index contributed by atoms with van der Waals surface area (Å²) in [7, 11) is 0. The van der Waals surface area contributed by atoms with Crippen LogP contribution in [0.5, 0.6) is 0 Å². The monoisotopic (exact) mass is 809 g/mol. The van der Waals surface area contributed by atoms with Crippen LogP contribution in [0.3, 0.4) is 0 Å². The van der Waals surface area contributed by atoms with E-state index in [-0.39, 0.29) is 6.42 Å². The van der Waals surface area contributed by atoms with Gasteiger partial charge in [-0.25, -0.2) is 0 Å². The van der Waals surface area contributed by atoms with Crippen LogP contribution in [-0.2, 0) is 14.3 Å². The lowest BCUT2D eigenvalue weighted by Crippen LogP contribution is -2.60. The summed E-state index contributed by atoms with van der Waals surface area (Å²) in [4.78, 5) is 12.7. The van der Waals surface area contributed by atoms with Gasteiger partial charge in [0.15, 0.2) is 6.29 Å². The van der Waals surface area contributed by atoms with Gasteiger partial charge in [0, 0.05) is 41.4 Å². The van der Waals surface area contributed by atoms with Crippen molar-refractivity contribution in [1.29, 1.82) is 0 Å². The first kappa shape index (κ1) is 51.9. The van der Waals surface area contributed by atoms with Gasteiger partial charge in [0.25, 0.3) is 5.91 Å². The summed E-state index contributed by atoms with van der Waals surface area (Å²) >= 11 is 0. The van der Waals surface area contributed by atoms with Gasteiger partial charge in [0.1, 0.15) is 30.5 Å². The lowest BCUT2D eigenvalue weighted by atomic mass is 9.98. The Hall–Kier alpha value is -6.13. The average molecular weight is 810 g/mol. The molecule has 1 aliphatic heterocycles. The van der Waals surface area contributed by atoms with E-state index in [2.05, 4.69) is 154 Å². The highest BCUT2D eigenvalue weighted by molar-refractivity contribution is 5.94. The summed E-state index contributed by atoms with van der Waals surface area (Å²) in [6, 6.07) is -1.23. The van der Waals surface area contributed by atoms with Crippen molar-refractivity contribution in [3.8, 4) is 142 Å². The lowest BCUT2D eigenvalue weighted by Gasteiger charge is -2.40. The van der Waals surface area contributed by atoms with Crippen LogP contribution in [0, 0.1) is 142 Å². The van der Waals surface area contributed by atoms with Crippen LogP contribution in [0.25, 0.3) is 0 Å². The number of aliphatic hydroxyl groups is 6. The highest BCUT2D eigenvalue weighted by atomic mass is 16.7. The fourth-order valence-electron chi connectivity index (χ4n) is 5.24. The maximum atomic E-state index is 12.7. The summed E-state index contributed by atoms with van der Waals surface area (Å²) in [6.07, 6.45) is 3.47. The van der Waals surface area contributed by atoms with E-state index < -0.39 is 68.1 Å². The third kappa shape index (κ3) is 26.0. The molecule has 1 aliphatic rings. The van der Waals surface area contributed by atoms with Crippen molar-refractivity contribution in [1.82, 2.24) is 5.32 Å². The Labute approximate surface area is 356 Å². The zero-order valence-corrected chi connectivity index (χ0v) is 34.1. The zero-order chi connectivity index (χ0) is 43.9. The molecule has 1 fully saturated rings. The standard InChI is InChI=1S/C50H51NO9/c1-3-5-7-9-11-13-15-17-18-19-20-21-22-23-24-25-26-27-29-31-33-35-37-39-45(54)51-42(41-59-50-49(58)48(57)47(56)44(40-52)60-50)46(55)43(53)38-36-34-32-30-28-16-14-12-10-8-6-4-2/h42-44,46-50,52-53,55-58H,4,6,8,10,12,14,16,28,30,32,34,36,38,40-41H2,1-2H3,(H,51,54)/t42-,43+,44?,46-,47+,48?,49+,50-/m0/s1. The van der Waals surface area contributed by atoms with Crippen molar-refractivity contribution in [2.45, 2.75) is 146 Å². The van der Waals surface area contributed by atoms with Crippen molar-refractivity contribution in [3.05, 3.63) is 0 Å². The second kappa shape index (κ2) is 36.0. The van der Waals surface area contributed by atoms with Gasteiger partial charge in [-0.3, -0.25) is 4.79 Å². The van der Waals surface area contributed by atoms with Crippen LogP contribution >= 0.6 is 0 Å². The Morgan fingerprint density at radius 1 is 0.583 bits per heavy atom. The predicted octanol–water partition coefficient (Wildman–Crippen LogP) is 1.16. The Morgan fingerprint density at radius 3 is 1.40 bits per heavy atom. The van der Waals surface area contributed by atoms with E-state index in [1.165, 1.54) is 51.4 Å². The number of ether oxygens (including phenoxy) is 2. The summed E-state index contributed by atoms with van der Waals surface area (Å²) < 4.78 is 10.9. The molecule has 1 amide bonds. The molecule has 0 saturated carbocycles. The van der Waals surface area contributed by atoms with Crippen LogP contribution in [0.2, 0.25) is 0 Å². The van der Waals surface area contributed by atoms with E-state index in [0.29, 0.717) is 6.42 Å². The molecule has 0 radical (unpaired) electrons. The molecule has 0 aromatic carbocycles. The van der Waals surface area contributed by atoms with Crippen LogP contribution in [0.1, 0.15) is 97.3 Å². The lowest BCUT2D eigenvalue weighted by molar-refractivity contribution is -0.303. The minimum Gasteiger partial charge on any atom is -0.394 e. The largest absolute Gasteiger partial charge is 0.394 e. The number of carbonyl (C=O) groups excluding carboxylic acids is 1. The van der Waals surface area contributed by atoms with Gasteiger partial charge < -0.3 is 45.4 Å². The van der Waals surface area contributed by atoms with Crippen LogP contribution in [-0.4, -0.2) is 98.7 Å². The number of hydrogen-bond acceptors (Lipinski definition) is 9. The molecular formula is C50H51NO9. The van der Waals surface area contributed by atoms with Crippen molar-refractivity contribution >= 4 is 5.91 Å². The Morgan fingerprint density at radius 2 is 0.983 bits per heavy atom. The molecule has 10 nitrogen and oxygen atoms in total. The van der Waals surface area contributed by atoms with Crippen LogP contribution < -0.4 is 5.32 Å². The molecule has 1 saturated heterocycles. The van der Waals surface area contributed by atoms with Crippen molar-refractivity contribution in [2.75, 3.05) is 13.2 Å². The maximum Gasteiger partial charge on any atom is 0.297 e.